The van der Waals surface area contributed by atoms with Crippen LogP contribution in [-0.4, -0.2) is 28.9 Å². The average molecular weight is 453 g/mol. The van der Waals surface area contributed by atoms with Crippen LogP contribution >= 0.6 is 0 Å². The highest BCUT2D eigenvalue weighted by Crippen LogP contribution is 2.30. The van der Waals surface area contributed by atoms with E-state index in [4.69, 9.17) is 0 Å². The molecule has 8 heteroatoms. The van der Waals surface area contributed by atoms with Crippen LogP contribution in [0.5, 0.6) is 0 Å². The summed E-state index contributed by atoms with van der Waals surface area (Å²) in [5.41, 5.74) is 4.23. The van der Waals surface area contributed by atoms with Crippen molar-refractivity contribution in [3.05, 3.63) is 64.1 Å². The number of hydrogen-bond acceptors (Lipinski definition) is 4. The molecule has 168 valence electrons. The Morgan fingerprint density at radius 3 is 2.41 bits per heavy atom. The highest BCUT2D eigenvalue weighted by molar-refractivity contribution is 7.89. The Bertz CT molecular complexity index is 1410. The van der Waals surface area contributed by atoms with Crippen LogP contribution in [-0.2, 0) is 16.6 Å². The number of pyridine rings is 1. The average Bonchev–Trinajstić information content (AvgIpc) is 3.26. The molecule has 0 aliphatic heterocycles. The van der Waals surface area contributed by atoms with Gasteiger partial charge in [-0.15, -0.1) is 0 Å². The molecule has 5 rings (SSSR count). The molecule has 1 aliphatic carbocycles. The molecule has 1 aliphatic rings. The Hall–Kier alpha value is -2.71. The predicted octanol–water partition coefficient (Wildman–Crippen LogP) is 3.49. The molecule has 0 saturated heterocycles. The number of aryl methyl sites for hydroxylation is 2. The van der Waals surface area contributed by atoms with Crippen molar-refractivity contribution >= 4 is 26.8 Å². The molecule has 4 aromatic rings. The van der Waals surface area contributed by atoms with Gasteiger partial charge in [0, 0.05) is 13.1 Å². The van der Waals surface area contributed by atoms with Gasteiger partial charge in [0.2, 0.25) is 10.0 Å². The molecule has 1 N–H and O–H groups in total. The molecule has 0 atom stereocenters. The highest BCUT2D eigenvalue weighted by Gasteiger charge is 2.26. The molecular weight excluding hydrogens is 424 g/mol. The van der Waals surface area contributed by atoms with Crippen molar-refractivity contribution in [3.8, 4) is 0 Å². The second kappa shape index (κ2) is 8.01. The lowest BCUT2D eigenvalue weighted by Gasteiger charge is -2.28. The van der Waals surface area contributed by atoms with E-state index < -0.39 is 10.0 Å². The number of sulfonamides is 1. The smallest absolute Gasteiger partial charge is 0.278 e. The summed E-state index contributed by atoms with van der Waals surface area (Å²) in [6.07, 6.45) is 3.89. The Labute approximate surface area is 187 Å². The van der Waals surface area contributed by atoms with Crippen molar-refractivity contribution in [2.45, 2.75) is 51.0 Å². The second-order valence-corrected chi connectivity index (χ2v) is 10.9. The quantitative estimate of drug-likeness (QED) is 0.485. The SMILES string of the molecule is Cc1ccc(S(=O)(=O)NCC2CCC(Cn3c(=O)c4c(C)nc5cccc3n54)CC2)cc1. The maximum absolute atomic E-state index is 13.1. The molecule has 3 heterocycles. The largest absolute Gasteiger partial charge is 0.292 e. The zero-order valence-corrected chi connectivity index (χ0v) is 19.2. The molecule has 32 heavy (non-hydrogen) atoms. The normalized spacial score (nSPS) is 19.8. The Kier molecular flexibility index (Phi) is 5.29. The van der Waals surface area contributed by atoms with Gasteiger partial charge in [-0.1, -0.05) is 23.8 Å². The number of nitrogens with one attached hydrogen (secondary N) is 1. The Balaban J connectivity index is 1.22. The topological polar surface area (TPSA) is 85.5 Å². The number of benzene rings is 1. The number of imidazole rings is 2. The van der Waals surface area contributed by atoms with Crippen LogP contribution in [0, 0.1) is 25.7 Å². The molecule has 1 fully saturated rings. The van der Waals surface area contributed by atoms with E-state index in [0.29, 0.717) is 35.3 Å². The first kappa shape index (κ1) is 21.2. The standard InChI is InChI=1S/C24H28N4O3S/c1-16-6-12-20(13-7-16)32(30,31)25-14-18-8-10-19(11-9-18)15-27-22-5-3-4-21-26-17(2)23(24(27)29)28(21)22/h3-7,12-13,18-19,25H,8-11,14-15H2,1-2H3. The number of aromatic nitrogens is 3. The Morgan fingerprint density at radius 1 is 1.00 bits per heavy atom. The van der Waals surface area contributed by atoms with Crippen molar-refractivity contribution in [1.82, 2.24) is 18.7 Å². The van der Waals surface area contributed by atoms with Gasteiger partial charge in [0.15, 0.2) is 0 Å². The van der Waals surface area contributed by atoms with Gasteiger partial charge in [-0.3, -0.25) is 13.8 Å². The van der Waals surface area contributed by atoms with E-state index >= 15 is 0 Å². The van der Waals surface area contributed by atoms with E-state index in [2.05, 4.69) is 9.71 Å². The zero-order chi connectivity index (χ0) is 22.5. The molecule has 0 bridgehead atoms. The van der Waals surface area contributed by atoms with E-state index in [1.807, 2.05) is 53.1 Å². The van der Waals surface area contributed by atoms with E-state index in [1.165, 1.54) is 0 Å². The van der Waals surface area contributed by atoms with E-state index in [0.717, 1.165) is 48.2 Å². The van der Waals surface area contributed by atoms with Gasteiger partial charge in [-0.05, 0) is 75.6 Å². The molecule has 0 unspecified atom stereocenters. The van der Waals surface area contributed by atoms with Crippen LogP contribution in [0.4, 0.5) is 0 Å². The maximum Gasteiger partial charge on any atom is 0.278 e. The minimum absolute atomic E-state index is 0.0316. The maximum atomic E-state index is 13.1. The summed E-state index contributed by atoms with van der Waals surface area (Å²) in [5.74, 6) is 0.737. The van der Waals surface area contributed by atoms with Crippen molar-refractivity contribution in [2.24, 2.45) is 11.8 Å². The first-order valence-corrected chi connectivity index (χ1v) is 12.7. The summed E-state index contributed by atoms with van der Waals surface area (Å²) in [6.45, 7) is 4.98. The lowest BCUT2D eigenvalue weighted by Crippen LogP contribution is -2.32. The summed E-state index contributed by atoms with van der Waals surface area (Å²) in [6, 6.07) is 12.8. The van der Waals surface area contributed by atoms with E-state index in [-0.39, 0.29) is 5.56 Å². The van der Waals surface area contributed by atoms with Gasteiger partial charge < -0.3 is 0 Å². The number of nitrogens with zero attached hydrogens (tertiary/aromatic N) is 3. The lowest BCUT2D eigenvalue weighted by molar-refractivity contribution is 0.253. The third-order valence-electron chi connectivity index (χ3n) is 6.82. The van der Waals surface area contributed by atoms with Crippen LogP contribution in [0.15, 0.2) is 52.2 Å². The fraction of sp³-hybridized carbons (Fsp3) is 0.417. The number of rotatable bonds is 6. The third kappa shape index (κ3) is 3.71. The summed E-state index contributed by atoms with van der Waals surface area (Å²) in [5, 5.41) is 0. The minimum Gasteiger partial charge on any atom is -0.292 e. The number of hydrogen-bond donors (Lipinski definition) is 1. The van der Waals surface area contributed by atoms with Crippen molar-refractivity contribution in [1.29, 1.82) is 0 Å². The summed E-state index contributed by atoms with van der Waals surface area (Å²) >= 11 is 0. The van der Waals surface area contributed by atoms with Gasteiger partial charge in [0.25, 0.3) is 5.56 Å². The summed E-state index contributed by atoms with van der Waals surface area (Å²) < 4.78 is 31.7. The van der Waals surface area contributed by atoms with Crippen LogP contribution in [0.25, 0.3) is 16.8 Å². The van der Waals surface area contributed by atoms with Crippen molar-refractivity contribution in [2.75, 3.05) is 6.54 Å². The van der Waals surface area contributed by atoms with Gasteiger partial charge in [-0.2, -0.15) is 0 Å². The van der Waals surface area contributed by atoms with E-state index in [1.54, 1.807) is 12.1 Å². The van der Waals surface area contributed by atoms with E-state index in [9.17, 15) is 13.2 Å². The molecule has 1 saturated carbocycles. The summed E-state index contributed by atoms with van der Waals surface area (Å²) in [4.78, 5) is 17.9. The third-order valence-corrected chi connectivity index (χ3v) is 8.26. The highest BCUT2D eigenvalue weighted by atomic mass is 32.2. The molecular formula is C24H28N4O3S. The first-order chi connectivity index (χ1) is 15.3. The molecule has 0 spiro atoms. The van der Waals surface area contributed by atoms with Gasteiger partial charge in [0.1, 0.15) is 16.8 Å². The zero-order valence-electron chi connectivity index (χ0n) is 18.4. The second-order valence-electron chi connectivity index (χ2n) is 9.09. The summed E-state index contributed by atoms with van der Waals surface area (Å²) in [7, 11) is -3.48. The van der Waals surface area contributed by atoms with Crippen molar-refractivity contribution in [3.63, 3.8) is 0 Å². The molecule has 7 nitrogen and oxygen atoms in total. The molecule has 1 aromatic carbocycles. The van der Waals surface area contributed by atoms with Gasteiger partial charge in [0.05, 0.1) is 10.6 Å². The molecule has 0 amide bonds. The van der Waals surface area contributed by atoms with Crippen LogP contribution < -0.4 is 10.3 Å². The van der Waals surface area contributed by atoms with Gasteiger partial charge >= 0.3 is 0 Å². The minimum atomic E-state index is -3.48. The van der Waals surface area contributed by atoms with Crippen LogP contribution in [0.1, 0.15) is 36.9 Å². The van der Waals surface area contributed by atoms with Crippen LogP contribution in [0.2, 0.25) is 0 Å². The Morgan fingerprint density at radius 2 is 1.69 bits per heavy atom. The fourth-order valence-electron chi connectivity index (χ4n) is 4.96. The fourth-order valence-corrected chi connectivity index (χ4v) is 6.08. The first-order valence-electron chi connectivity index (χ1n) is 11.2. The molecule has 3 aromatic heterocycles. The van der Waals surface area contributed by atoms with Crippen molar-refractivity contribution < 1.29 is 8.42 Å². The monoisotopic (exact) mass is 452 g/mol. The lowest BCUT2D eigenvalue weighted by atomic mass is 9.82. The predicted molar refractivity (Wildman–Crippen MR) is 125 cm³/mol. The molecule has 0 radical (unpaired) electrons. The van der Waals surface area contributed by atoms with Crippen LogP contribution in [0.3, 0.4) is 0 Å². The van der Waals surface area contributed by atoms with Gasteiger partial charge in [-0.25, -0.2) is 18.1 Å².